The fraction of sp³-hybridized carbons (Fsp3) is 0.650. The topological polar surface area (TPSA) is 54.9 Å². The summed E-state index contributed by atoms with van der Waals surface area (Å²) >= 11 is 0. The molecule has 0 radical (unpaired) electrons. The molecule has 28 heavy (non-hydrogen) atoms. The van der Waals surface area contributed by atoms with E-state index >= 15 is 0 Å². The molecule has 2 atom stereocenters. The lowest BCUT2D eigenvalue weighted by molar-refractivity contribution is 0.0203. The fourth-order valence-electron chi connectivity index (χ4n) is 3.45. The fourth-order valence-corrected chi connectivity index (χ4v) is 3.45. The maximum atomic E-state index is 13.9. The van der Waals surface area contributed by atoms with Crippen molar-refractivity contribution < 1.29 is 18.3 Å². The second-order valence-electron chi connectivity index (χ2n) is 7.21. The van der Waals surface area contributed by atoms with Crippen LogP contribution in [0.5, 0.6) is 0 Å². The molecule has 2 aliphatic rings. The van der Waals surface area contributed by atoms with Gasteiger partial charge in [0.05, 0.1) is 0 Å². The van der Waals surface area contributed by atoms with Gasteiger partial charge in [0.1, 0.15) is 11.6 Å². The molecular formula is C20H30F2IN3O2. The minimum atomic E-state index is -0.478. The van der Waals surface area contributed by atoms with Crippen LogP contribution in [-0.2, 0) is 9.47 Å². The molecule has 8 heteroatoms. The van der Waals surface area contributed by atoms with Crippen molar-refractivity contribution in [3.63, 3.8) is 0 Å². The molecule has 0 spiro atoms. The number of nitrogens with zero attached hydrogens (tertiary/aromatic N) is 1. The molecule has 0 bridgehead atoms. The van der Waals surface area contributed by atoms with Crippen molar-refractivity contribution in [1.82, 2.24) is 10.6 Å². The van der Waals surface area contributed by atoms with Crippen LogP contribution in [0.3, 0.4) is 0 Å². The highest BCUT2D eigenvalue weighted by molar-refractivity contribution is 14.0. The van der Waals surface area contributed by atoms with Gasteiger partial charge in [-0.3, -0.25) is 4.99 Å². The predicted octanol–water partition coefficient (Wildman–Crippen LogP) is 3.44. The Hall–Kier alpha value is -1.000. The third kappa shape index (κ3) is 6.81. The second-order valence-corrected chi connectivity index (χ2v) is 7.21. The summed E-state index contributed by atoms with van der Waals surface area (Å²) < 4.78 is 38.8. The van der Waals surface area contributed by atoms with E-state index in [2.05, 4.69) is 15.6 Å². The van der Waals surface area contributed by atoms with Gasteiger partial charge in [-0.15, -0.1) is 24.0 Å². The zero-order chi connectivity index (χ0) is 19.1. The maximum absolute atomic E-state index is 13.9. The van der Waals surface area contributed by atoms with E-state index in [1.807, 2.05) is 0 Å². The zero-order valence-corrected chi connectivity index (χ0v) is 18.6. The maximum Gasteiger partial charge on any atom is 0.191 e. The number of rotatable bonds is 8. The molecule has 1 heterocycles. The minimum absolute atomic E-state index is 0. The number of hydrogen-bond acceptors (Lipinski definition) is 3. The van der Waals surface area contributed by atoms with E-state index in [1.165, 1.54) is 18.2 Å². The molecule has 0 aromatic heterocycles. The van der Waals surface area contributed by atoms with Gasteiger partial charge in [0.2, 0.25) is 0 Å². The number of halogens is 3. The van der Waals surface area contributed by atoms with Crippen LogP contribution in [0, 0.1) is 17.6 Å². The Bertz CT molecular complexity index is 622. The van der Waals surface area contributed by atoms with Crippen LogP contribution < -0.4 is 10.6 Å². The van der Waals surface area contributed by atoms with Crippen LogP contribution in [0.4, 0.5) is 8.78 Å². The Morgan fingerprint density at radius 1 is 1.25 bits per heavy atom. The molecule has 1 aromatic rings. The number of guanidine groups is 1. The van der Waals surface area contributed by atoms with Crippen molar-refractivity contribution in [2.75, 3.05) is 40.0 Å². The standard InChI is InChI=1S/C20H29F2N3O2.HI/c1-23-20(24-8-3-9-27-13-14-6-10-26-11-7-14)25-18-12-15(18)19-16(21)4-2-5-17(19)22;/h2,4-5,14-15,18H,3,6-13H2,1H3,(H2,23,24,25);1H. The molecule has 158 valence electrons. The summed E-state index contributed by atoms with van der Waals surface area (Å²) in [5.41, 5.74) is 0.173. The van der Waals surface area contributed by atoms with Crippen LogP contribution in [0.2, 0.25) is 0 Å². The Labute approximate surface area is 182 Å². The van der Waals surface area contributed by atoms with Gasteiger partial charge in [-0.2, -0.15) is 0 Å². The Kier molecular flexibility index (Phi) is 9.87. The summed E-state index contributed by atoms with van der Waals surface area (Å²) in [6.07, 6.45) is 3.74. The molecule has 3 rings (SSSR count). The Balaban J connectivity index is 0.00000280. The molecule has 0 amide bonds. The van der Waals surface area contributed by atoms with Crippen molar-refractivity contribution in [3.8, 4) is 0 Å². The average molecular weight is 509 g/mol. The summed E-state index contributed by atoms with van der Waals surface area (Å²) in [6, 6.07) is 4.01. The first-order chi connectivity index (χ1) is 13.2. The monoisotopic (exact) mass is 509 g/mol. The van der Waals surface area contributed by atoms with Crippen molar-refractivity contribution in [3.05, 3.63) is 35.4 Å². The van der Waals surface area contributed by atoms with Crippen LogP contribution in [-0.4, -0.2) is 52.0 Å². The van der Waals surface area contributed by atoms with Gasteiger partial charge >= 0.3 is 0 Å². The third-order valence-electron chi connectivity index (χ3n) is 5.16. The van der Waals surface area contributed by atoms with Crippen molar-refractivity contribution in [1.29, 1.82) is 0 Å². The van der Waals surface area contributed by atoms with Crippen LogP contribution in [0.1, 0.15) is 37.2 Å². The second kappa shape index (κ2) is 11.9. The normalized spacial score (nSPS) is 22.5. The number of ether oxygens (including phenoxy) is 2. The summed E-state index contributed by atoms with van der Waals surface area (Å²) in [6.45, 7) is 3.92. The van der Waals surface area contributed by atoms with E-state index in [1.54, 1.807) is 7.05 Å². The molecule has 1 aliphatic heterocycles. The average Bonchev–Trinajstić information content (AvgIpc) is 3.42. The first-order valence-electron chi connectivity index (χ1n) is 9.75. The van der Waals surface area contributed by atoms with Crippen molar-refractivity contribution in [2.24, 2.45) is 10.9 Å². The van der Waals surface area contributed by atoms with Gasteiger partial charge in [-0.1, -0.05) is 6.07 Å². The molecule has 1 saturated heterocycles. The van der Waals surface area contributed by atoms with Gasteiger partial charge in [0.15, 0.2) is 5.96 Å². The van der Waals surface area contributed by atoms with E-state index < -0.39 is 11.6 Å². The van der Waals surface area contributed by atoms with E-state index in [0.717, 1.165) is 45.6 Å². The quantitative estimate of drug-likeness (QED) is 0.244. The van der Waals surface area contributed by atoms with E-state index in [9.17, 15) is 8.78 Å². The number of benzene rings is 1. The lowest BCUT2D eigenvalue weighted by Crippen LogP contribution is -2.39. The zero-order valence-electron chi connectivity index (χ0n) is 16.3. The largest absolute Gasteiger partial charge is 0.381 e. The first-order valence-corrected chi connectivity index (χ1v) is 9.75. The molecule has 2 N–H and O–H groups in total. The lowest BCUT2D eigenvalue weighted by atomic mass is 10.0. The molecule has 1 aromatic carbocycles. The SMILES string of the molecule is CN=C(NCCCOCC1CCOCC1)NC1CC1c1c(F)cccc1F.I. The first kappa shape index (κ1) is 23.3. The molecular weight excluding hydrogens is 479 g/mol. The van der Waals surface area contributed by atoms with Crippen LogP contribution in [0.15, 0.2) is 23.2 Å². The number of nitrogens with one attached hydrogen (secondary N) is 2. The number of hydrogen-bond donors (Lipinski definition) is 2. The Morgan fingerprint density at radius 2 is 1.96 bits per heavy atom. The summed E-state index contributed by atoms with van der Waals surface area (Å²) in [5.74, 6) is 0.172. The van der Waals surface area contributed by atoms with E-state index in [-0.39, 0.29) is 41.5 Å². The van der Waals surface area contributed by atoms with Crippen LogP contribution in [0.25, 0.3) is 0 Å². The highest BCUT2D eigenvalue weighted by atomic mass is 127. The van der Waals surface area contributed by atoms with Crippen LogP contribution >= 0.6 is 24.0 Å². The van der Waals surface area contributed by atoms with Gasteiger partial charge in [0, 0.05) is 57.5 Å². The van der Waals surface area contributed by atoms with E-state index in [0.29, 0.717) is 24.9 Å². The van der Waals surface area contributed by atoms with Gasteiger partial charge in [-0.25, -0.2) is 8.78 Å². The summed E-state index contributed by atoms with van der Waals surface area (Å²) in [5, 5.41) is 6.47. The molecule has 1 saturated carbocycles. The Morgan fingerprint density at radius 3 is 2.64 bits per heavy atom. The predicted molar refractivity (Wildman–Crippen MR) is 116 cm³/mol. The van der Waals surface area contributed by atoms with Gasteiger partial charge in [-0.05, 0) is 43.7 Å². The highest BCUT2D eigenvalue weighted by Gasteiger charge is 2.42. The smallest absolute Gasteiger partial charge is 0.191 e. The minimum Gasteiger partial charge on any atom is -0.381 e. The highest BCUT2D eigenvalue weighted by Crippen LogP contribution is 2.42. The van der Waals surface area contributed by atoms with Crippen molar-refractivity contribution >= 4 is 29.9 Å². The van der Waals surface area contributed by atoms with E-state index in [4.69, 9.17) is 9.47 Å². The van der Waals surface area contributed by atoms with Gasteiger partial charge < -0.3 is 20.1 Å². The summed E-state index contributed by atoms with van der Waals surface area (Å²) in [4.78, 5) is 4.18. The molecule has 2 fully saturated rings. The lowest BCUT2D eigenvalue weighted by Gasteiger charge is -2.21. The van der Waals surface area contributed by atoms with Gasteiger partial charge in [0.25, 0.3) is 0 Å². The molecule has 5 nitrogen and oxygen atoms in total. The third-order valence-corrected chi connectivity index (χ3v) is 5.16. The molecule has 1 aliphatic carbocycles. The summed E-state index contributed by atoms with van der Waals surface area (Å²) in [7, 11) is 1.69. The molecule has 2 unspecified atom stereocenters. The van der Waals surface area contributed by atoms with Crippen molar-refractivity contribution in [2.45, 2.75) is 37.6 Å². The number of aliphatic imine (C=N–C) groups is 1.